The normalized spacial score (nSPS) is 14.9. The smallest absolute Gasteiger partial charge is 0.165 e. The number of fused-ring (bicyclic) bond motifs is 1. The molecule has 0 aliphatic heterocycles. The predicted molar refractivity (Wildman–Crippen MR) is 236 cm³/mol. The van der Waals surface area contributed by atoms with Gasteiger partial charge >= 0.3 is 0 Å². The van der Waals surface area contributed by atoms with Gasteiger partial charge in [-0.3, -0.25) is 4.98 Å². The SMILES string of the molecule is CC1(C)c2ccc(-c3ccc(-c4nc(-c5cccc(-c6ccccc6)c5)nc(-c5cccc(-c6cccc(-c7ccccc7)c6)c5)n4)cn3)cc2C(C)(C)C1(C)C. The number of nitrogens with zero attached hydrogens (tertiary/aromatic N) is 4. The van der Waals surface area contributed by atoms with Crippen molar-refractivity contribution in [1.82, 2.24) is 19.9 Å². The van der Waals surface area contributed by atoms with Gasteiger partial charge in [-0.2, -0.15) is 0 Å². The van der Waals surface area contributed by atoms with E-state index < -0.39 is 0 Å². The van der Waals surface area contributed by atoms with E-state index in [2.05, 4.69) is 193 Å². The molecule has 4 heteroatoms. The van der Waals surface area contributed by atoms with E-state index in [1.807, 2.05) is 18.3 Å². The van der Waals surface area contributed by atoms with Crippen LogP contribution in [0.4, 0.5) is 0 Å². The molecular formula is C53H46N4. The Labute approximate surface area is 336 Å². The summed E-state index contributed by atoms with van der Waals surface area (Å²) in [5.74, 6) is 1.80. The fourth-order valence-corrected chi connectivity index (χ4v) is 8.50. The Kier molecular flexibility index (Phi) is 8.81. The van der Waals surface area contributed by atoms with Crippen LogP contribution in [0.25, 0.3) is 78.8 Å². The van der Waals surface area contributed by atoms with Crippen molar-refractivity contribution in [3.05, 3.63) is 181 Å². The zero-order chi connectivity index (χ0) is 39.4. The Morgan fingerprint density at radius 1 is 0.316 bits per heavy atom. The maximum Gasteiger partial charge on any atom is 0.165 e. The molecule has 0 unspecified atom stereocenters. The molecule has 0 fully saturated rings. The summed E-state index contributed by atoms with van der Waals surface area (Å²) in [6.45, 7) is 14.3. The summed E-state index contributed by atoms with van der Waals surface area (Å²) in [6, 6.07) is 57.5. The molecule has 0 atom stereocenters. The largest absolute Gasteiger partial charge is 0.255 e. The molecule has 1 aliphatic rings. The van der Waals surface area contributed by atoms with Crippen LogP contribution in [0.15, 0.2) is 170 Å². The lowest BCUT2D eigenvalue weighted by atomic mass is 9.59. The molecule has 2 aromatic heterocycles. The number of hydrogen-bond acceptors (Lipinski definition) is 4. The molecule has 0 N–H and O–H groups in total. The predicted octanol–water partition coefficient (Wildman–Crippen LogP) is 13.5. The number of benzene rings is 6. The zero-order valence-corrected chi connectivity index (χ0v) is 33.5. The molecule has 9 rings (SSSR count). The van der Waals surface area contributed by atoms with Crippen molar-refractivity contribution in [3.63, 3.8) is 0 Å². The van der Waals surface area contributed by atoms with Crippen LogP contribution in [-0.4, -0.2) is 19.9 Å². The van der Waals surface area contributed by atoms with Crippen LogP contribution in [0, 0.1) is 5.41 Å². The van der Waals surface area contributed by atoms with E-state index in [1.54, 1.807) is 0 Å². The summed E-state index contributed by atoms with van der Waals surface area (Å²) < 4.78 is 0. The lowest BCUT2D eigenvalue weighted by Crippen LogP contribution is -2.42. The monoisotopic (exact) mass is 738 g/mol. The molecule has 57 heavy (non-hydrogen) atoms. The second kappa shape index (κ2) is 13.9. The van der Waals surface area contributed by atoms with E-state index in [1.165, 1.54) is 22.3 Å². The molecule has 1 aliphatic carbocycles. The molecule has 0 saturated carbocycles. The van der Waals surface area contributed by atoms with Crippen LogP contribution in [0.1, 0.15) is 52.7 Å². The molecule has 2 heterocycles. The Balaban J connectivity index is 1.12. The average Bonchev–Trinajstić information content (AvgIpc) is 3.37. The van der Waals surface area contributed by atoms with Crippen LogP contribution in [-0.2, 0) is 10.8 Å². The first-order valence-electron chi connectivity index (χ1n) is 19.8. The first kappa shape index (κ1) is 36.1. The Bertz CT molecular complexity index is 2750. The Morgan fingerprint density at radius 3 is 1.21 bits per heavy atom. The van der Waals surface area contributed by atoms with Crippen LogP contribution in [0.3, 0.4) is 0 Å². The second-order valence-corrected chi connectivity index (χ2v) is 16.8. The van der Waals surface area contributed by atoms with E-state index in [0.717, 1.165) is 50.2 Å². The van der Waals surface area contributed by atoms with Crippen molar-refractivity contribution in [2.24, 2.45) is 5.41 Å². The summed E-state index contributed by atoms with van der Waals surface area (Å²) in [5, 5.41) is 0. The van der Waals surface area contributed by atoms with E-state index >= 15 is 0 Å². The molecule has 0 spiro atoms. The van der Waals surface area contributed by atoms with E-state index in [0.29, 0.717) is 17.5 Å². The standard InChI is InChI=1S/C53H46N4/c1-51(2)45-28-26-41(33-46(45)52(3,4)53(51,5)6)47-29-27-44(34-54-47)50-56-48(42-24-14-21-38(31-42)36-18-11-8-12-19-36)55-49(57-50)43-25-15-23-40(32-43)39-22-13-20-37(30-39)35-16-9-7-10-17-35/h7-34H,1-6H3. The van der Waals surface area contributed by atoms with Gasteiger partial charge < -0.3 is 0 Å². The highest BCUT2D eigenvalue weighted by Crippen LogP contribution is 2.61. The number of pyridine rings is 1. The Morgan fingerprint density at radius 2 is 0.719 bits per heavy atom. The number of aromatic nitrogens is 4. The summed E-state index contributed by atoms with van der Waals surface area (Å²) in [6.07, 6.45) is 1.90. The van der Waals surface area contributed by atoms with Gasteiger partial charge in [0.15, 0.2) is 17.5 Å². The van der Waals surface area contributed by atoms with Crippen molar-refractivity contribution in [2.45, 2.75) is 52.4 Å². The van der Waals surface area contributed by atoms with Gasteiger partial charge in [-0.15, -0.1) is 0 Å². The van der Waals surface area contributed by atoms with Crippen molar-refractivity contribution in [1.29, 1.82) is 0 Å². The maximum absolute atomic E-state index is 5.13. The van der Waals surface area contributed by atoms with E-state index in [-0.39, 0.29) is 16.2 Å². The topological polar surface area (TPSA) is 51.6 Å². The minimum absolute atomic E-state index is 0.0132. The second-order valence-electron chi connectivity index (χ2n) is 16.8. The van der Waals surface area contributed by atoms with Crippen LogP contribution in [0.5, 0.6) is 0 Å². The molecular weight excluding hydrogens is 693 g/mol. The summed E-state index contributed by atoms with van der Waals surface area (Å²) in [4.78, 5) is 20.4. The number of hydrogen-bond donors (Lipinski definition) is 0. The van der Waals surface area contributed by atoms with Gasteiger partial charge in [0.25, 0.3) is 0 Å². The molecule has 0 saturated heterocycles. The number of rotatable bonds is 7. The highest BCUT2D eigenvalue weighted by atomic mass is 15.0. The molecule has 278 valence electrons. The zero-order valence-electron chi connectivity index (χ0n) is 33.5. The molecule has 8 aromatic rings. The minimum Gasteiger partial charge on any atom is -0.255 e. The van der Waals surface area contributed by atoms with Gasteiger partial charge in [0.05, 0.1) is 5.69 Å². The van der Waals surface area contributed by atoms with Gasteiger partial charge in [0.1, 0.15) is 0 Å². The van der Waals surface area contributed by atoms with E-state index in [4.69, 9.17) is 19.9 Å². The quantitative estimate of drug-likeness (QED) is 0.163. The third-order valence-electron chi connectivity index (χ3n) is 13.1. The first-order valence-corrected chi connectivity index (χ1v) is 19.8. The van der Waals surface area contributed by atoms with Gasteiger partial charge in [0, 0.05) is 28.5 Å². The molecule has 0 bridgehead atoms. The maximum atomic E-state index is 5.13. The summed E-state index contributed by atoms with van der Waals surface area (Å²) in [5.41, 5.74) is 14.5. The van der Waals surface area contributed by atoms with E-state index in [9.17, 15) is 0 Å². The lowest BCUT2D eigenvalue weighted by molar-refractivity contribution is 0.125. The highest BCUT2D eigenvalue weighted by molar-refractivity contribution is 5.77. The van der Waals surface area contributed by atoms with Gasteiger partial charge in [-0.1, -0.05) is 169 Å². The van der Waals surface area contributed by atoms with Crippen molar-refractivity contribution in [2.75, 3.05) is 0 Å². The highest BCUT2D eigenvalue weighted by Gasteiger charge is 2.56. The summed E-state index contributed by atoms with van der Waals surface area (Å²) >= 11 is 0. The van der Waals surface area contributed by atoms with Gasteiger partial charge in [0.2, 0.25) is 0 Å². The van der Waals surface area contributed by atoms with Gasteiger partial charge in [-0.05, 0) is 97.2 Å². The Hall–Kier alpha value is -6.52. The summed E-state index contributed by atoms with van der Waals surface area (Å²) in [7, 11) is 0. The third kappa shape index (κ3) is 6.36. The first-order chi connectivity index (χ1) is 27.5. The molecule has 0 radical (unpaired) electrons. The van der Waals surface area contributed by atoms with Crippen LogP contribution >= 0.6 is 0 Å². The molecule has 6 aromatic carbocycles. The third-order valence-corrected chi connectivity index (χ3v) is 13.1. The fourth-order valence-electron chi connectivity index (χ4n) is 8.50. The van der Waals surface area contributed by atoms with Crippen LogP contribution in [0.2, 0.25) is 0 Å². The van der Waals surface area contributed by atoms with Crippen molar-refractivity contribution >= 4 is 0 Å². The van der Waals surface area contributed by atoms with Crippen molar-refractivity contribution in [3.8, 4) is 78.8 Å². The lowest BCUT2D eigenvalue weighted by Gasteiger charge is -2.44. The van der Waals surface area contributed by atoms with Crippen LogP contribution < -0.4 is 0 Å². The fraction of sp³-hybridized carbons (Fsp3) is 0.170. The van der Waals surface area contributed by atoms with Gasteiger partial charge in [-0.25, -0.2) is 15.0 Å². The average molecular weight is 739 g/mol. The minimum atomic E-state index is 0.0132. The molecule has 0 amide bonds. The molecule has 4 nitrogen and oxygen atoms in total. The van der Waals surface area contributed by atoms with Crippen molar-refractivity contribution < 1.29 is 0 Å².